The van der Waals surface area contributed by atoms with Crippen LogP contribution in [0.15, 0.2) is 34.3 Å². The SMILES string of the molecule is CCc1nc(C2=NCCC=N2)sc1C(=O)N1CCC2(CC1)OCc1ccccc12. The van der Waals surface area contributed by atoms with E-state index in [1.807, 2.05) is 18.0 Å². The number of hydrogen-bond acceptors (Lipinski definition) is 6. The topological polar surface area (TPSA) is 67.2 Å². The van der Waals surface area contributed by atoms with Gasteiger partial charge >= 0.3 is 0 Å². The van der Waals surface area contributed by atoms with E-state index in [0.717, 1.165) is 47.8 Å². The van der Waals surface area contributed by atoms with Gasteiger partial charge in [-0.3, -0.25) is 9.79 Å². The molecule has 0 aliphatic carbocycles. The summed E-state index contributed by atoms with van der Waals surface area (Å²) in [4.78, 5) is 29.5. The van der Waals surface area contributed by atoms with E-state index < -0.39 is 0 Å². The summed E-state index contributed by atoms with van der Waals surface area (Å²) in [5.41, 5.74) is 3.20. The van der Waals surface area contributed by atoms with Gasteiger partial charge in [-0.25, -0.2) is 9.98 Å². The van der Waals surface area contributed by atoms with Crippen molar-refractivity contribution in [1.29, 1.82) is 0 Å². The van der Waals surface area contributed by atoms with Crippen LogP contribution >= 0.6 is 11.3 Å². The molecular weight excluding hydrogens is 384 g/mol. The van der Waals surface area contributed by atoms with Gasteiger partial charge in [0.1, 0.15) is 4.88 Å². The zero-order valence-electron chi connectivity index (χ0n) is 16.6. The van der Waals surface area contributed by atoms with Crippen molar-refractivity contribution < 1.29 is 9.53 Å². The number of nitrogens with zero attached hydrogens (tertiary/aromatic N) is 4. The third kappa shape index (κ3) is 3.22. The number of aromatic nitrogens is 1. The second kappa shape index (κ2) is 7.46. The lowest BCUT2D eigenvalue weighted by Crippen LogP contribution is -2.45. The third-order valence-electron chi connectivity index (χ3n) is 6.02. The normalized spacial score (nSPS) is 20.0. The Morgan fingerprint density at radius 3 is 2.86 bits per heavy atom. The van der Waals surface area contributed by atoms with Gasteiger partial charge in [0.15, 0.2) is 10.8 Å². The van der Waals surface area contributed by atoms with Crippen LogP contribution in [-0.2, 0) is 23.4 Å². The Kier molecular flexibility index (Phi) is 4.80. The van der Waals surface area contributed by atoms with Crippen LogP contribution in [0.3, 0.4) is 0 Å². The average molecular weight is 409 g/mol. The average Bonchev–Trinajstić information content (AvgIpc) is 3.37. The van der Waals surface area contributed by atoms with E-state index in [-0.39, 0.29) is 11.5 Å². The summed E-state index contributed by atoms with van der Waals surface area (Å²) in [6, 6.07) is 8.46. The highest BCUT2D eigenvalue weighted by Gasteiger charge is 2.43. The summed E-state index contributed by atoms with van der Waals surface area (Å²) >= 11 is 1.43. The lowest BCUT2D eigenvalue weighted by Gasteiger charge is -2.39. The quantitative estimate of drug-likeness (QED) is 0.779. The summed E-state index contributed by atoms with van der Waals surface area (Å²) in [7, 11) is 0. The molecule has 3 aliphatic rings. The molecule has 0 unspecified atom stereocenters. The summed E-state index contributed by atoms with van der Waals surface area (Å²) in [5, 5.41) is 0.752. The van der Waals surface area contributed by atoms with Gasteiger partial charge in [-0.2, -0.15) is 0 Å². The van der Waals surface area contributed by atoms with Gasteiger partial charge in [-0.05, 0) is 30.4 Å². The van der Waals surface area contributed by atoms with Crippen molar-refractivity contribution in [3.05, 3.63) is 51.0 Å². The minimum atomic E-state index is -0.231. The third-order valence-corrected chi connectivity index (χ3v) is 7.10. The minimum absolute atomic E-state index is 0.0760. The number of benzene rings is 1. The largest absolute Gasteiger partial charge is 0.365 e. The van der Waals surface area contributed by atoms with Crippen LogP contribution in [0.2, 0.25) is 0 Å². The van der Waals surface area contributed by atoms with Crippen molar-refractivity contribution in [3.8, 4) is 0 Å². The first-order valence-electron chi connectivity index (χ1n) is 10.3. The molecule has 1 aromatic carbocycles. The maximum atomic E-state index is 13.3. The van der Waals surface area contributed by atoms with Crippen LogP contribution in [-0.4, -0.2) is 47.5 Å². The number of thiazole rings is 1. The summed E-state index contributed by atoms with van der Waals surface area (Å²) in [6.45, 7) is 4.84. The van der Waals surface area contributed by atoms with E-state index in [4.69, 9.17) is 4.74 Å². The molecule has 4 heterocycles. The second-order valence-electron chi connectivity index (χ2n) is 7.69. The summed E-state index contributed by atoms with van der Waals surface area (Å²) in [5.74, 6) is 0.732. The number of amides is 1. The molecular formula is C22H24N4O2S. The van der Waals surface area contributed by atoms with Gasteiger partial charge in [-0.15, -0.1) is 11.3 Å². The Morgan fingerprint density at radius 2 is 2.10 bits per heavy atom. The number of aryl methyl sites for hydroxylation is 1. The van der Waals surface area contributed by atoms with Gasteiger partial charge < -0.3 is 9.64 Å². The molecule has 1 amide bonds. The lowest BCUT2D eigenvalue weighted by molar-refractivity contribution is -0.0741. The van der Waals surface area contributed by atoms with Crippen LogP contribution in [0.25, 0.3) is 0 Å². The molecule has 7 heteroatoms. The van der Waals surface area contributed by atoms with E-state index >= 15 is 0 Å². The molecule has 1 saturated heterocycles. The molecule has 0 saturated carbocycles. The number of likely N-dealkylation sites (tertiary alicyclic amines) is 1. The van der Waals surface area contributed by atoms with Crippen molar-refractivity contribution in [2.45, 2.75) is 44.8 Å². The predicted molar refractivity (Wildman–Crippen MR) is 114 cm³/mol. The highest BCUT2D eigenvalue weighted by Crippen LogP contribution is 2.44. The molecule has 0 atom stereocenters. The molecule has 3 aliphatic heterocycles. The minimum Gasteiger partial charge on any atom is -0.365 e. The van der Waals surface area contributed by atoms with Crippen LogP contribution in [0.4, 0.5) is 0 Å². The summed E-state index contributed by atoms with van der Waals surface area (Å²) < 4.78 is 6.23. The predicted octanol–water partition coefficient (Wildman–Crippen LogP) is 3.59. The van der Waals surface area contributed by atoms with Crippen molar-refractivity contribution in [3.63, 3.8) is 0 Å². The Morgan fingerprint density at radius 1 is 1.28 bits per heavy atom. The fraction of sp³-hybridized carbons (Fsp3) is 0.455. The number of carbonyl (C=O) groups is 1. The molecule has 0 radical (unpaired) electrons. The van der Waals surface area contributed by atoms with Crippen LogP contribution in [0, 0.1) is 0 Å². The van der Waals surface area contributed by atoms with Gasteiger partial charge in [0.2, 0.25) is 0 Å². The van der Waals surface area contributed by atoms with Gasteiger partial charge in [-0.1, -0.05) is 31.2 Å². The van der Waals surface area contributed by atoms with Crippen molar-refractivity contribution in [2.75, 3.05) is 19.6 Å². The highest BCUT2D eigenvalue weighted by atomic mass is 32.1. The van der Waals surface area contributed by atoms with E-state index in [9.17, 15) is 4.79 Å². The Bertz CT molecular complexity index is 1000. The standard InChI is InChI=1S/C22H24N4O2S/c1-2-17-18(29-20(25-17)19-23-10-5-11-24-19)21(27)26-12-8-22(9-13-26)16-7-4-3-6-15(16)14-28-22/h3-4,6-7,10H,2,5,8-9,11-14H2,1H3. The number of carbonyl (C=O) groups excluding carboxylic acids is 1. The first-order valence-corrected chi connectivity index (χ1v) is 11.1. The van der Waals surface area contributed by atoms with E-state index in [0.29, 0.717) is 25.5 Å². The molecule has 1 aromatic heterocycles. The number of hydrogen-bond donors (Lipinski definition) is 0. The molecule has 150 valence electrons. The number of ether oxygens (including phenoxy) is 1. The Hall–Kier alpha value is -2.38. The molecule has 29 heavy (non-hydrogen) atoms. The molecule has 5 rings (SSSR count). The Balaban J connectivity index is 1.34. The molecule has 6 nitrogen and oxygen atoms in total. The first-order chi connectivity index (χ1) is 14.2. The highest BCUT2D eigenvalue weighted by molar-refractivity contribution is 7.15. The maximum Gasteiger partial charge on any atom is 0.265 e. The van der Waals surface area contributed by atoms with Crippen molar-refractivity contribution >= 4 is 29.3 Å². The molecule has 0 N–H and O–H groups in total. The van der Waals surface area contributed by atoms with Crippen molar-refractivity contribution in [1.82, 2.24) is 9.88 Å². The van der Waals surface area contributed by atoms with Gasteiger partial charge in [0.25, 0.3) is 5.91 Å². The Labute approximate surface area is 174 Å². The number of aliphatic imine (C=N–C) groups is 2. The van der Waals surface area contributed by atoms with Crippen LogP contribution in [0.1, 0.15) is 57.7 Å². The van der Waals surface area contributed by atoms with E-state index in [2.05, 4.69) is 39.2 Å². The fourth-order valence-electron chi connectivity index (χ4n) is 4.41. The maximum absolute atomic E-state index is 13.3. The first kappa shape index (κ1) is 18.6. The number of fused-ring (bicyclic) bond motifs is 2. The zero-order chi connectivity index (χ0) is 19.8. The van der Waals surface area contributed by atoms with E-state index in [1.54, 1.807) is 0 Å². The monoisotopic (exact) mass is 408 g/mol. The smallest absolute Gasteiger partial charge is 0.265 e. The van der Waals surface area contributed by atoms with Crippen molar-refractivity contribution in [2.24, 2.45) is 9.98 Å². The molecule has 1 spiro atoms. The van der Waals surface area contributed by atoms with Crippen LogP contribution < -0.4 is 0 Å². The second-order valence-corrected chi connectivity index (χ2v) is 8.69. The lowest BCUT2D eigenvalue weighted by atomic mass is 9.84. The summed E-state index contributed by atoms with van der Waals surface area (Å²) in [6.07, 6.45) is 5.13. The molecule has 2 aromatic rings. The van der Waals surface area contributed by atoms with Crippen LogP contribution in [0.5, 0.6) is 0 Å². The fourth-order valence-corrected chi connectivity index (χ4v) is 5.49. The van der Waals surface area contributed by atoms with Gasteiger partial charge in [0.05, 0.1) is 17.9 Å². The van der Waals surface area contributed by atoms with Gasteiger partial charge in [0, 0.05) is 32.3 Å². The number of amidine groups is 1. The molecule has 1 fully saturated rings. The number of rotatable bonds is 3. The molecule has 0 bridgehead atoms. The van der Waals surface area contributed by atoms with E-state index in [1.165, 1.54) is 22.5 Å². The number of piperidine rings is 1. The zero-order valence-corrected chi connectivity index (χ0v) is 17.4.